The van der Waals surface area contributed by atoms with Gasteiger partial charge in [0.05, 0.1) is 6.04 Å². The van der Waals surface area contributed by atoms with Crippen molar-refractivity contribution in [2.75, 3.05) is 11.9 Å². The first-order chi connectivity index (χ1) is 11.2. The van der Waals surface area contributed by atoms with E-state index in [0.29, 0.717) is 17.9 Å². The van der Waals surface area contributed by atoms with E-state index in [-0.39, 0.29) is 17.8 Å². The van der Waals surface area contributed by atoms with E-state index in [1.807, 2.05) is 4.90 Å². The van der Waals surface area contributed by atoms with Gasteiger partial charge in [-0.3, -0.25) is 9.78 Å². The van der Waals surface area contributed by atoms with E-state index in [2.05, 4.69) is 15.3 Å². The topological polar surface area (TPSA) is 58.1 Å². The number of likely N-dealkylation sites (tertiary alicyclic amines) is 1. The number of hydrogen-bond acceptors (Lipinski definition) is 4. The zero-order valence-corrected chi connectivity index (χ0v) is 13.0. The van der Waals surface area contributed by atoms with Crippen LogP contribution in [0.2, 0.25) is 0 Å². The second-order valence-electron chi connectivity index (χ2n) is 5.61. The van der Waals surface area contributed by atoms with Crippen LogP contribution >= 0.6 is 0 Å². The molecule has 5 nitrogen and oxygen atoms in total. The quantitative estimate of drug-likeness (QED) is 0.943. The van der Waals surface area contributed by atoms with E-state index in [4.69, 9.17) is 0 Å². The largest absolute Gasteiger partial charge is 0.364 e. The number of nitrogens with one attached hydrogen (secondary N) is 1. The Morgan fingerprint density at radius 3 is 2.91 bits per heavy atom. The van der Waals surface area contributed by atoms with Crippen LogP contribution in [-0.4, -0.2) is 27.3 Å². The van der Waals surface area contributed by atoms with Gasteiger partial charge in [0.15, 0.2) is 0 Å². The second kappa shape index (κ2) is 6.73. The fourth-order valence-corrected chi connectivity index (χ4v) is 2.98. The molecule has 0 saturated carbocycles. The molecule has 1 aliphatic rings. The lowest BCUT2D eigenvalue weighted by molar-refractivity contribution is -0.129. The normalized spacial score (nSPS) is 17.3. The molecule has 0 aliphatic carbocycles. The summed E-state index contributed by atoms with van der Waals surface area (Å²) in [4.78, 5) is 22.3. The molecule has 0 bridgehead atoms. The van der Waals surface area contributed by atoms with Gasteiger partial charge in [0.25, 0.3) is 0 Å². The molecule has 3 rings (SSSR count). The standard InChI is InChI=1S/C17H19FN4O/c1-12(23)22-10-4-7-15(22)16-17(20-9-8-19-16)21-11-13-5-2-3-6-14(13)18/h2-3,5-6,8-9,15H,4,7,10-11H2,1H3,(H,20,21). The van der Waals surface area contributed by atoms with Gasteiger partial charge in [-0.1, -0.05) is 18.2 Å². The molecular weight excluding hydrogens is 295 g/mol. The number of carbonyl (C=O) groups is 1. The highest BCUT2D eigenvalue weighted by atomic mass is 19.1. The molecule has 2 heterocycles. The van der Waals surface area contributed by atoms with Crippen LogP contribution in [-0.2, 0) is 11.3 Å². The van der Waals surface area contributed by atoms with Gasteiger partial charge in [0.1, 0.15) is 17.3 Å². The third-order valence-corrected chi connectivity index (χ3v) is 4.10. The summed E-state index contributed by atoms with van der Waals surface area (Å²) in [5, 5.41) is 3.16. The molecular formula is C17H19FN4O. The van der Waals surface area contributed by atoms with Crippen molar-refractivity contribution in [2.24, 2.45) is 0 Å². The molecule has 1 aromatic carbocycles. The van der Waals surface area contributed by atoms with Crippen LogP contribution in [0.3, 0.4) is 0 Å². The van der Waals surface area contributed by atoms with Crippen molar-refractivity contribution >= 4 is 11.7 Å². The van der Waals surface area contributed by atoms with Gasteiger partial charge in [-0.25, -0.2) is 9.37 Å². The molecule has 1 N–H and O–H groups in total. The number of benzene rings is 1. The highest BCUT2D eigenvalue weighted by Gasteiger charge is 2.31. The van der Waals surface area contributed by atoms with E-state index in [9.17, 15) is 9.18 Å². The average Bonchev–Trinajstić information content (AvgIpc) is 3.04. The summed E-state index contributed by atoms with van der Waals surface area (Å²) in [6, 6.07) is 6.56. The maximum Gasteiger partial charge on any atom is 0.220 e. The number of aromatic nitrogens is 2. The minimum atomic E-state index is -0.253. The Bertz CT molecular complexity index is 706. The van der Waals surface area contributed by atoms with Crippen molar-refractivity contribution in [3.05, 3.63) is 53.7 Å². The van der Waals surface area contributed by atoms with Gasteiger partial charge in [0, 0.05) is 38.0 Å². The van der Waals surface area contributed by atoms with Crippen LogP contribution in [0.15, 0.2) is 36.7 Å². The SMILES string of the molecule is CC(=O)N1CCCC1c1nccnc1NCc1ccccc1F. The molecule has 2 aromatic rings. The molecule has 1 saturated heterocycles. The number of nitrogens with zero attached hydrogens (tertiary/aromatic N) is 3. The second-order valence-corrected chi connectivity index (χ2v) is 5.61. The first kappa shape index (κ1) is 15.4. The summed E-state index contributed by atoms with van der Waals surface area (Å²) in [6.45, 7) is 2.63. The number of rotatable bonds is 4. The summed E-state index contributed by atoms with van der Waals surface area (Å²) in [7, 11) is 0. The van der Waals surface area contributed by atoms with Crippen LogP contribution in [0, 0.1) is 5.82 Å². The summed E-state index contributed by atoms with van der Waals surface area (Å²) < 4.78 is 13.7. The van der Waals surface area contributed by atoms with Crippen LogP contribution in [0.1, 0.15) is 37.1 Å². The lowest BCUT2D eigenvalue weighted by Crippen LogP contribution is -2.29. The van der Waals surface area contributed by atoms with Crippen LogP contribution in [0.4, 0.5) is 10.2 Å². The molecule has 1 aliphatic heterocycles. The summed E-state index contributed by atoms with van der Waals surface area (Å²) in [6.07, 6.45) is 5.04. The zero-order chi connectivity index (χ0) is 16.2. The Balaban J connectivity index is 1.81. The van der Waals surface area contributed by atoms with E-state index >= 15 is 0 Å². The smallest absolute Gasteiger partial charge is 0.220 e. The average molecular weight is 314 g/mol. The van der Waals surface area contributed by atoms with E-state index in [0.717, 1.165) is 25.1 Å². The Labute approximate surface area is 134 Å². The first-order valence-corrected chi connectivity index (χ1v) is 7.72. The molecule has 1 fully saturated rings. The van der Waals surface area contributed by atoms with E-state index < -0.39 is 0 Å². The zero-order valence-electron chi connectivity index (χ0n) is 13.0. The Kier molecular flexibility index (Phi) is 4.50. The van der Waals surface area contributed by atoms with Crippen molar-refractivity contribution in [3.63, 3.8) is 0 Å². The predicted molar refractivity (Wildman–Crippen MR) is 85.1 cm³/mol. The summed E-state index contributed by atoms with van der Waals surface area (Å²) in [5.41, 5.74) is 1.32. The van der Waals surface area contributed by atoms with Gasteiger partial charge in [-0.2, -0.15) is 0 Å². The maximum absolute atomic E-state index is 13.7. The van der Waals surface area contributed by atoms with Crippen molar-refractivity contribution < 1.29 is 9.18 Å². The van der Waals surface area contributed by atoms with Crippen molar-refractivity contribution in [3.8, 4) is 0 Å². The van der Waals surface area contributed by atoms with Crippen molar-refractivity contribution in [1.82, 2.24) is 14.9 Å². The van der Waals surface area contributed by atoms with Crippen molar-refractivity contribution in [1.29, 1.82) is 0 Å². The van der Waals surface area contributed by atoms with Crippen LogP contribution in [0.5, 0.6) is 0 Å². The first-order valence-electron chi connectivity index (χ1n) is 7.72. The molecule has 0 spiro atoms. The lowest BCUT2D eigenvalue weighted by atomic mass is 10.1. The molecule has 6 heteroatoms. The molecule has 1 unspecified atom stereocenters. The lowest BCUT2D eigenvalue weighted by Gasteiger charge is -2.24. The summed E-state index contributed by atoms with van der Waals surface area (Å²) in [5.74, 6) is 0.392. The number of anilines is 1. The van der Waals surface area contributed by atoms with Crippen LogP contribution in [0.25, 0.3) is 0 Å². The number of amides is 1. The van der Waals surface area contributed by atoms with Gasteiger partial charge >= 0.3 is 0 Å². The van der Waals surface area contributed by atoms with E-state index in [1.54, 1.807) is 37.5 Å². The van der Waals surface area contributed by atoms with Gasteiger partial charge in [-0.15, -0.1) is 0 Å². The molecule has 1 amide bonds. The Hall–Kier alpha value is -2.50. The number of carbonyl (C=O) groups excluding carboxylic acids is 1. The van der Waals surface area contributed by atoms with Gasteiger partial charge in [0.2, 0.25) is 5.91 Å². The highest BCUT2D eigenvalue weighted by molar-refractivity contribution is 5.74. The molecule has 1 atom stereocenters. The fourth-order valence-electron chi connectivity index (χ4n) is 2.98. The predicted octanol–water partition coefficient (Wildman–Crippen LogP) is 2.91. The van der Waals surface area contributed by atoms with Crippen molar-refractivity contribution in [2.45, 2.75) is 32.4 Å². The summed E-state index contributed by atoms with van der Waals surface area (Å²) >= 11 is 0. The third-order valence-electron chi connectivity index (χ3n) is 4.10. The van der Waals surface area contributed by atoms with Gasteiger partial charge in [-0.05, 0) is 18.9 Å². The maximum atomic E-state index is 13.7. The molecule has 23 heavy (non-hydrogen) atoms. The molecule has 1 aromatic heterocycles. The van der Waals surface area contributed by atoms with Crippen LogP contribution < -0.4 is 5.32 Å². The van der Waals surface area contributed by atoms with E-state index in [1.165, 1.54) is 6.07 Å². The highest BCUT2D eigenvalue weighted by Crippen LogP contribution is 2.33. The molecule has 0 radical (unpaired) electrons. The Morgan fingerprint density at radius 2 is 2.13 bits per heavy atom. The minimum absolute atomic E-state index is 0.0400. The number of hydrogen-bond donors (Lipinski definition) is 1. The third kappa shape index (κ3) is 3.31. The Morgan fingerprint density at radius 1 is 1.35 bits per heavy atom. The molecule has 120 valence electrons. The van der Waals surface area contributed by atoms with Gasteiger partial charge < -0.3 is 10.2 Å². The minimum Gasteiger partial charge on any atom is -0.364 e. The number of halogens is 1. The monoisotopic (exact) mass is 314 g/mol. The fraction of sp³-hybridized carbons (Fsp3) is 0.353.